The molecule has 0 bridgehead atoms. The van der Waals surface area contributed by atoms with Crippen LogP contribution in [0.4, 0.5) is 0 Å². The standard InChI is InChI=1S/C17H25NO/c1-5-18-16(13-8-11(13)2)12-6-7-15-14(9-12)17(3,4)10-19-15/h6-7,9,11,13,16,18H,5,8,10H2,1-4H3. The fourth-order valence-electron chi connectivity index (χ4n) is 3.28. The highest BCUT2D eigenvalue weighted by atomic mass is 16.5. The minimum absolute atomic E-state index is 0.150. The summed E-state index contributed by atoms with van der Waals surface area (Å²) in [6.07, 6.45) is 1.36. The molecule has 2 nitrogen and oxygen atoms in total. The van der Waals surface area contributed by atoms with Gasteiger partial charge in [0.05, 0.1) is 6.61 Å². The van der Waals surface area contributed by atoms with E-state index in [-0.39, 0.29) is 5.41 Å². The third-order valence-corrected chi connectivity index (χ3v) is 4.70. The Bertz CT molecular complexity index is 480. The van der Waals surface area contributed by atoms with E-state index in [0.29, 0.717) is 6.04 Å². The SMILES string of the molecule is CCNC(c1ccc2c(c1)C(C)(C)CO2)C1CC1C. The van der Waals surface area contributed by atoms with Crippen LogP contribution in [0.2, 0.25) is 0 Å². The van der Waals surface area contributed by atoms with Gasteiger partial charge in [0, 0.05) is 17.0 Å². The molecule has 0 spiro atoms. The quantitative estimate of drug-likeness (QED) is 0.891. The first-order valence-corrected chi connectivity index (χ1v) is 7.53. The van der Waals surface area contributed by atoms with Gasteiger partial charge in [0.15, 0.2) is 0 Å². The van der Waals surface area contributed by atoms with Crippen molar-refractivity contribution in [2.24, 2.45) is 11.8 Å². The van der Waals surface area contributed by atoms with Crippen molar-refractivity contribution < 1.29 is 4.74 Å². The largest absolute Gasteiger partial charge is 0.492 e. The van der Waals surface area contributed by atoms with E-state index in [9.17, 15) is 0 Å². The number of benzene rings is 1. The Morgan fingerprint density at radius 1 is 1.42 bits per heavy atom. The van der Waals surface area contributed by atoms with Crippen LogP contribution in [0.1, 0.15) is 51.3 Å². The number of nitrogens with one attached hydrogen (secondary N) is 1. The minimum Gasteiger partial charge on any atom is -0.492 e. The Morgan fingerprint density at radius 3 is 2.79 bits per heavy atom. The summed E-state index contributed by atoms with van der Waals surface area (Å²) >= 11 is 0. The van der Waals surface area contributed by atoms with E-state index in [1.165, 1.54) is 17.5 Å². The highest BCUT2D eigenvalue weighted by Crippen LogP contribution is 2.48. The molecule has 1 heterocycles. The molecule has 0 aromatic heterocycles. The van der Waals surface area contributed by atoms with Crippen molar-refractivity contribution in [3.8, 4) is 5.75 Å². The maximum atomic E-state index is 5.79. The van der Waals surface area contributed by atoms with Gasteiger partial charge in [-0.25, -0.2) is 0 Å². The van der Waals surface area contributed by atoms with Crippen molar-refractivity contribution in [3.63, 3.8) is 0 Å². The highest BCUT2D eigenvalue weighted by Gasteiger charge is 2.40. The molecule has 19 heavy (non-hydrogen) atoms. The molecule has 2 heteroatoms. The van der Waals surface area contributed by atoms with Crippen LogP contribution in [-0.4, -0.2) is 13.2 Å². The van der Waals surface area contributed by atoms with Crippen molar-refractivity contribution in [2.75, 3.05) is 13.2 Å². The monoisotopic (exact) mass is 259 g/mol. The molecule has 104 valence electrons. The van der Waals surface area contributed by atoms with Gasteiger partial charge in [0.25, 0.3) is 0 Å². The minimum atomic E-state index is 0.150. The van der Waals surface area contributed by atoms with Crippen LogP contribution in [0, 0.1) is 11.8 Å². The van der Waals surface area contributed by atoms with E-state index in [1.807, 2.05) is 0 Å². The summed E-state index contributed by atoms with van der Waals surface area (Å²) < 4.78 is 5.79. The Kier molecular flexibility index (Phi) is 3.09. The summed E-state index contributed by atoms with van der Waals surface area (Å²) in [4.78, 5) is 0. The summed E-state index contributed by atoms with van der Waals surface area (Å²) in [5.74, 6) is 2.75. The second-order valence-corrected chi connectivity index (χ2v) is 6.84. The molecule has 1 aliphatic heterocycles. The smallest absolute Gasteiger partial charge is 0.123 e. The average Bonchev–Trinajstić information content (AvgIpc) is 3.02. The lowest BCUT2D eigenvalue weighted by atomic mass is 9.85. The van der Waals surface area contributed by atoms with Gasteiger partial charge < -0.3 is 10.1 Å². The normalized spacial score (nSPS) is 28.6. The molecule has 0 saturated heterocycles. The Morgan fingerprint density at radius 2 is 2.16 bits per heavy atom. The van der Waals surface area contributed by atoms with Gasteiger partial charge in [-0.15, -0.1) is 0 Å². The van der Waals surface area contributed by atoms with Gasteiger partial charge in [-0.2, -0.15) is 0 Å². The van der Waals surface area contributed by atoms with Gasteiger partial charge in [-0.3, -0.25) is 0 Å². The summed E-state index contributed by atoms with van der Waals surface area (Å²) in [6, 6.07) is 7.30. The van der Waals surface area contributed by atoms with Crippen molar-refractivity contribution in [1.82, 2.24) is 5.32 Å². The van der Waals surface area contributed by atoms with E-state index in [1.54, 1.807) is 0 Å². The summed E-state index contributed by atoms with van der Waals surface area (Å²) in [5.41, 5.74) is 2.96. The number of rotatable bonds is 4. The molecule has 0 amide bonds. The zero-order valence-corrected chi connectivity index (χ0v) is 12.5. The molecule has 1 N–H and O–H groups in total. The number of hydrogen-bond donors (Lipinski definition) is 1. The van der Waals surface area contributed by atoms with Crippen LogP contribution in [0.25, 0.3) is 0 Å². The molecule has 3 rings (SSSR count). The van der Waals surface area contributed by atoms with Crippen LogP contribution in [-0.2, 0) is 5.41 Å². The van der Waals surface area contributed by atoms with E-state index in [4.69, 9.17) is 4.74 Å². The lowest BCUT2D eigenvalue weighted by molar-refractivity contribution is 0.291. The Labute approximate surface area is 116 Å². The van der Waals surface area contributed by atoms with Crippen LogP contribution >= 0.6 is 0 Å². The Balaban J connectivity index is 1.92. The molecular formula is C17H25NO. The fourth-order valence-corrected chi connectivity index (χ4v) is 3.28. The summed E-state index contributed by atoms with van der Waals surface area (Å²) in [6.45, 7) is 10.9. The van der Waals surface area contributed by atoms with Crippen molar-refractivity contribution in [2.45, 2.75) is 45.6 Å². The first-order valence-electron chi connectivity index (χ1n) is 7.53. The molecule has 1 fully saturated rings. The van der Waals surface area contributed by atoms with Crippen molar-refractivity contribution >= 4 is 0 Å². The number of hydrogen-bond acceptors (Lipinski definition) is 2. The molecule has 3 unspecified atom stereocenters. The third kappa shape index (κ3) is 2.27. The zero-order chi connectivity index (χ0) is 13.6. The molecule has 2 aliphatic rings. The van der Waals surface area contributed by atoms with Crippen molar-refractivity contribution in [3.05, 3.63) is 29.3 Å². The summed E-state index contributed by atoms with van der Waals surface area (Å²) in [7, 11) is 0. The highest BCUT2D eigenvalue weighted by molar-refractivity contribution is 5.46. The van der Waals surface area contributed by atoms with Crippen LogP contribution in [0.3, 0.4) is 0 Å². The van der Waals surface area contributed by atoms with Crippen LogP contribution in [0.5, 0.6) is 5.75 Å². The molecule has 1 aromatic carbocycles. The van der Waals surface area contributed by atoms with E-state index >= 15 is 0 Å². The molecule has 1 aliphatic carbocycles. The molecule has 3 atom stereocenters. The lowest BCUT2D eigenvalue weighted by Crippen LogP contribution is -2.24. The van der Waals surface area contributed by atoms with E-state index in [2.05, 4.69) is 51.2 Å². The fraction of sp³-hybridized carbons (Fsp3) is 0.647. The van der Waals surface area contributed by atoms with E-state index < -0.39 is 0 Å². The number of fused-ring (bicyclic) bond motifs is 1. The average molecular weight is 259 g/mol. The molecular weight excluding hydrogens is 234 g/mol. The Hall–Kier alpha value is -1.02. The van der Waals surface area contributed by atoms with Gasteiger partial charge in [0.1, 0.15) is 5.75 Å². The zero-order valence-electron chi connectivity index (χ0n) is 12.5. The lowest BCUT2D eigenvalue weighted by Gasteiger charge is -2.21. The topological polar surface area (TPSA) is 21.3 Å². The third-order valence-electron chi connectivity index (χ3n) is 4.70. The van der Waals surface area contributed by atoms with Gasteiger partial charge in [0.2, 0.25) is 0 Å². The second kappa shape index (κ2) is 4.52. The molecule has 1 aromatic rings. The number of ether oxygens (including phenoxy) is 1. The van der Waals surface area contributed by atoms with Crippen LogP contribution in [0.15, 0.2) is 18.2 Å². The maximum absolute atomic E-state index is 5.79. The van der Waals surface area contributed by atoms with Gasteiger partial charge in [-0.1, -0.05) is 33.8 Å². The van der Waals surface area contributed by atoms with Crippen LogP contribution < -0.4 is 10.1 Å². The van der Waals surface area contributed by atoms with Crippen molar-refractivity contribution in [1.29, 1.82) is 0 Å². The molecule has 1 saturated carbocycles. The first kappa shape index (κ1) is 13.0. The van der Waals surface area contributed by atoms with Gasteiger partial charge >= 0.3 is 0 Å². The van der Waals surface area contributed by atoms with Gasteiger partial charge in [-0.05, 0) is 42.5 Å². The predicted octanol–water partition coefficient (Wildman–Crippen LogP) is 3.66. The first-order chi connectivity index (χ1) is 9.03. The predicted molar refractivity (Wildman–Crippen MR) is 78.7 cm³/mol. The molecule has 0 radical (unpaired) electrons. The summed E-state index contributed by atoms with van der Waals surface area (Å²) in [5, 5.41) is 3.67. The van der Waals surface area contributed by atoms with E-state index in [0.717, 1.165) is 30.7 Å². The second-order valence-electron chi connectivity index (χ2n) is 6.84. The maximum Gasteiger partial charge on any atom is 0.123 e.